The van der Waals surface area contributed by atoms with Crippen LogP contribution >= 0.6 is 12.2 Å². The molecule has 0 fully saturated rings. The van der Waals surface area contributed by atoms with Crippen molar-refractivity contribution in [3.8, 4) is 0 Å². The number of pyridine rings is 1. The standard InChI is InChI=1S/C15H19N3S/c1-11(2)18(10-8-15(16)19)14-7-9-17-13-6-4-3-5-12(13)14/h3-7,9,11H,8,10H2,1-2H3,(H2,16,19). The van der Waals surface area contributed by atoms with E-state index in [0.717, 1.165) is 18.5 Å². The number of anilines is 1. The normalized spacial score (nSPS) is 10.9. The lowest BCUT2D eigenvalue weighted by molar-refractivity contribution is 0.693. The zero-order chi connectivity index (χ0) is 13.8. The lowest BCUT2D eigenvalue weighted by Gasteiger charge is -2.30. The summed E-state index contributed by atoms with van der Waals surface area (Å²) in [5, 5.41) is 1.17. The van der Waals surface area contributed by atoms with Crippen molar-refractivity contribution < 1.29 is 0 Å². The maximum Gasteiger partial charge on any atom is 0.0745 e. The molecule has 0 atom stereocenters. The first-order chi connectivity index (χ1) is 9.09. The minimum atomic E-state index is 0.389. The first-order valence-corrected chi connectivity index (χ1v) is 6.89. The van der Waals surface area contributed by atoms with Crippen molar-refractivity contribution in [1.29, 1.82) is 0 Å². The van der Waals surface area contributed by atoms with E-state index in [9.17, 15) is 0 Å². The molecule has 0 saturated carbocycles. The van der Waals surface area contributed by atoms with Crippen molar-refractivity contribution in [2.45, 2.75) is 26.3 Å². The average molecular weight is 273 g/mol. The molecule has 0 saturated heterocycles. The molecule has 3 nitrogen and oxygen atoms in total. The molecule has 100 valence electrons. The highest BCUT2D eigenvalue weighted by Gasteiger charge is 2.13. The van der Waals surface area contributed by atoms with Crippen LogP contribution in [0.25, 0.3) is 10.9 Å². The summed E-state index contributed by atoms with van der Waals surface area (Å²) in [4.78, 5) is 7.28. The Bertz CT molecular complexity index is 575. The summed E-state index contributed by atoms with van der Waals surface area (Å²) in [6, 6.07) is 10.6. The highest BCUT2D eigenvalue weighted by Crippen LogP contribution is 2.26. The number of hydrogen-bond acceptors (Lipinski definition) is 3. The van der Waals surface area contributed by atoms with E-state index in [1.807, 2.05) is 24.4 Å². The minimum Gasteiger partial charge on any atom is -0.393 e. The highest BCUT2D eigenvalue weighted by atomic mass is 32.1. The third-order valence-electron chi connectivity index (χ3n) is 3.16. The SMILES string of the molecule is CC(C)N(CCC(N)=S)c1ccnc2ccccc12. The van der Waals surface area contributed by atoms with Gasteiger partial charge in [0.15, 0.2) is 0 Å². The maximum absolute atomic E-state index is 5.62. The Kier molecular flexibility index (Phi) is 4.32. The number of thiocarbonyl (C=S) groups is 1. The van der Waals surface area contributed by atoms with E-state index in [0.29, 0.717) is 11.0 Å². The fourth-order valence-corrected chi connectivity index (χ4v) is 2.31. The zero-order valence-electron chi connectivity index (χ0n) is 11.3. The summed E-state index contributed by atoms with van der Waals surface area (Å²) in [6.07, 6.45) is 2.58. The molecule has 0 aliphatic carbocycles. The van der Waals surface area contributed by atoms with Gasteiger partial charge < -0.3 is 10.6 Å². The van der Waals surface area contributed by atoms with Gasteiger partial charge in [-0.1, -0.05) is 30.4 Å². The van der Waals surface area contributed by atoms with Gasteiger partial charge in [-0.25, -0.2) is 0 Å². The molecule has 0 bridgehead atoms. The molecule has 0 aliphatic rings. The molecule has 2 rings (SSSR count). The van der Waals surface area contributed by atoms with Gasteiger partial charge in [-0.2, -0.15) is 0 Å². The molecule has 1 aromatic heterocycles. The number of rotatable bonds is 5. The summed E-state index contributed by atoms with van der Waals surface area (Å²) < 4.78 is 0. The number of hydrogen-bond donors (Lipinski definition) is 1. The van der Waals surface area contributed by atoms with E-state index in [2.05, 4.69) is 35.9 Å². The monoisotopic (exact) mass is 273 g/mol. The molecule has 19 heavy (non-hydrogen) atoms. The number of benzene rings is 1. The van der Waals surface area contributed by atoms with E-state index in [1.54, 1.807) is 0 Å². The smallest absolute Gasteiger partial charge is 0.0745 e. The fourth-order valence-electron chi connectivity index (χ4n) is 2.22. The molecule has 4 heteroatoms. The van der Waals surface area contributed by atoms with Crippen LogP contribution in [0.4, 0.5) is 5.69 Å². The highest BCUT2D eigenvalue weighted by molar-refractivity contribution is 7.80. The van der Waals surface area contributed by atoms with Gasteiger partial charge in [-0.3, -0.25) is 4.98 Å². The molecule has 2 N–H and O–H groups in total. The van der Waals surface area contributed by atoms with Crippen molar-refractivity contribution in [1.82, 2.24) is 4.98 Å². The van der Waals surface area contributed by atoms with E-state index < -0.39 is 0 Å². The Balaban J connectivity index is 2.41. The van der Waals surface area contributed by atoms with Crippen LogP contribution in [0, 0.1) is 0 Å². The lowest BCUT2D eigenvalue weighted by atomic mass is 10.1. The predicted molar refractivity (Wildman–Crippen MR) is 85.6 cm³/mol. The fraction of sp³-hybridized carbons (Fsp3) is 0.333. The molecular formula is C15H19N3S. The van der Waals surface area contributed by atoms with E-state index >= 15 is 0 Å². The Hall–Kier alpha value is -1.68. The first-order valence-electron chi connectivity index (χ1n) is 6.48. The molecular weight excluding hydrogens is 254 g/mol. The number of nitrogens with zero attached hydrogens (tertiary/aromatic N) is 2. The van der Waals surface area contributed by atoms with E-state index in [1.165, 1.54) is 11.1 Å². The Morgan fingerprint density at radius 3 is 2.74 bits per heavy atom. The van der Waals surface area contributed by atoms with Gasteiger partial charge in [0.05, 0.1) is 10.5 Å². The van der Waals surface area contributed by atoms with Gasteiger partial charge in [-0.15, -0.1) is 0 Å². The van der Waals surface area contributed by atoms with Crippen molar-refractivity contribution in [3.05, 3.63) is 36.5 Å². The summed E-state index contributed by atoms with van der Waals surface area (Å²) in [6.45, 7) is 5.19. The van der Waals surface area contributed by atoms with Gasteiger partial charge in [0.1, 0.15) is 0 Å². The Morgan fingerprint density at radius 2 is 2.05 bits per heavy atom. The number of aromatic nitrogens is 1. The van der Waals surface area contributed by atoms with Crippen LogP contribution in [0.5, 0.6) is 0 Å². The van der Waals surface area contributed by atoms with E-state index in [4.69, 9.17) is 18.0 Å². The number of para-hydroxylation sites is 1. The van der Waals surface area contributed by atoms with Crippen molar-refractivity contribution in [2.75, 3.05) is 11.4 Å². The van der Waals surface area contributed by atoms with Crippen LogP contribution in [-0.2, 0) is 0 Å². The van der Waals surface area contributed by atoms with Crippen molar-refractivity contribution in [3.63, 3.8) is 0 Å². The largest absolute Gasteiger partial charge is 0.393 e. The summed E-state index contributed by atoms with van der Waals surface area (Å²) in [7, 11) is 0. The third-order valence-corrected chi connectivity index (χ3v) is 3.36. The summed E-state index contributed by atoms with van der Waals surface area (Å²) in [5.74, 6) is 0. The van der Waals surface area contributed by atoms with Gasteiger partial charge in [0.25, 0.3) is 0 Å². The van der Waals surface area contributed by atoms with Gasteiger partial charge in [0, 0.05) is 36.3 Å². The number of fused-ring (bicyclic) bond motifs is 1. The first kappa shape index (κ1) is 13.7. The third kappa shape index (κ3) is 3.20. The second kappa shape index (κ2) is 5.97. The average Bonchev–Trinajstić information content (AvgIpc) is 2.38. The van der Waals surface area contributed by atoms with Gasteiger partial charge >= 0.3 is 0 Å². The molecule has 1 aromatic carbocycles. The van der Waals surface area contributed by atoms with Crippen molar-refractivity contribution >= 4 is 33.8 Å². The minimum absolute atomic E-state index is 0.389. The molecule has 1 heterocycles. The zero-order valence-corrected chi connectivity index (χ0v) is 12.2. The Morgan fingerprint density at radius 1 is 1.32 bits per heavy atom. The van der Waals surface area contributed by atoms with Crippen molar-refractivity contribution in [2.24, 2.45) is 5.73 Å². The number of nitrogens with two attached hydrogens (primary N) is 1. The summed E-state index contributed by atoms with van der Waals surface area (Å²) >= 11 is 4.99. The molecule has 0 spiro atoms. The topological polar surface area (TPSA) is 42.1 Å². The van der Waals surface area contributed by atoms with Crippen LogP contribution in [0.1, 0.15) is 20.3 Å². The van der Waals surface area contributed by atoms with Gasteiger partial charge in [0.2, 0.25) is 0 Å². The van der Waals surface area contributed by atoms with Crippen LogP contribution in [0.15, 0.2) is 36.5 Å². The second-order valence-electron chi connectivity index (χ2n) is 4.85. The van der Waals surface area contributed by atoms with Crippen LogP contribution in [0.2, 0.25) is 0 Å². The van der Waals surface area contributed by atoms with Gasteiger partial charge in [-0.05, 0) is 26.0 Å². The molecule has 0 aliphatic heterocycles. The molecule has 0 unspecified atom stereocenters. The van der Waals surface area contributed by atoms with E-state index in [-0.39, 0.29) is 0 Å². The van der Waals surface area contributed by atoms with Crippen LogP contribution in [-0.4, -0.2) is 22.6 Å². The van der Waals surface area contributed by atoms with Crippen LogP contribution in [0.3, 0.4) is 0 Å². The second-order valence-corrected chi connectivity index (χ2v) is 5.38. The molecule has 0 radical (unpaired) electrons. The lowest BCUT2D eigenvalue weighted by Crippen LogP contribution is -2.33. The molecule has 2 aromatic rings. The maximum atomic E-state index is 5.62. The molecule has 0 amide bonds. The van der Waals surface area contributed by atoms with Crippen LogP contribution < -0.4 is 10.6 Å². The summed E-state index contributed by atoms with van der Waals surface area (Å²) in [5.41, 5.74) is 7.83. The Labute approximate surface area is 119 Å². The predicted octanol–water partition coefficient (Wildman–Crippen LogP) is 3.13. The quantitative estimate of drug-likeness (QED) is 0.850.